The van der Waals surface area contributed by atoms with Crippen molar-refractivity contribution in [3.8, 4) is 5.75 Å². The van der Waals surface area contributed by atoms with Crippen molar-refractivity contribution >= 4 is 0 Å². The Bertz CT molecular complexity index is 348. The highest BCUT2D eigenvalue weighted by molar-refractivity contribution is 5.15. The lowest BCUT2D eigenvalue weighted by molar-refractivity contribution is 0.00893. The number of unbranched alkanes of at least 4 members (excludes halogenated alkanes) is 1. The van der Waals surface area contributed by atoms with Crippen LogP contribution < -0.4 is 4.74 Å². The van der Waals surface area contributed by atoms with E-state index in [9.17, 15) is 4.39 Å². The van der Waals surface area contributed by atoms with Gasteiger partial charge in [-0.3, -0.25) is 0 Å². The standard InChI is InChI=1S/C15H24FNO4/c1-2-3-6-18-7-8-19-9-10-20-11-12-21-14-4-5-15(16)17-13-14/h4-5,13H,2-3,6-12H2,1H3. The first-order valence-corrected chi connectivity index (χ1v) is 7.30. The predicted octanol–water partition coefficient (Wildman–Crippen LogP) is 2.45. The Kier molecular flexibility index (Phi) is 10.6. The predicted molar refractivity (Wildman–Crippen MR) is 77.1 cm³/mol. The van der Waals surface area contributed by atoms with Gasteiger partial charge in [-0.05, 0) is 18.6 Å². The van der Waals surface area contributed by atoms with Gasteiger partial charge in [-0.15, -0.1) is 0 Å². The maximum Gasteiger partial charge on any atom is 0.213 e. The lowest BCUT2D eigenvalue weighted by Gasteiger charge is -2.08. The third kappa shape index (κ3) is 10.2. The normalized spacial score (nSPS) is 10.8. The molecular formula is C15H24FNO4. The van der Waals surface area contributed by atoms with E-state index in [0.717, 1.165) is 19.4 Å². The molecule has 0 saturated carbocycles. The minimum Gasteiger partial charge on any atom is -0.490 e. The van der Waals surface area contributed by atoms with Gasteiger partial charge in [0.1, 0.15) is 12.4 Å². The monoisotopic (exact) mass is 301 g/mol. The first-order chi connectivity index (χ1) is 10.3. The quantitative estimate of drug-likeness (QED) is 0.414. The van der Waals surface area contributed by atoms with Gasteiger partial charge in [0.15, 0.2) is 0 Å². The number of hydrogen-bond acceptors (Lipinski definition) is 5. The van der Waals surface area contributed by atoms with Crippen LogP contribution in [-0.2, 0) is 14.2 Å². The Morgan fingerprint density at radius 3 is 2.10 bits per heavy atom. The van der Waals surface area contributed by atoms with Gasteiger partial charge in [0.25, 0.3) is 0 Å². The second-order valence-electron chi connectivity index (χ2n) is 4.36. The molecular weight excluding hydrogens is 277 g/mol. The average Bonchev–Trinajstić information content (AvgIpc) is 2.50. The Morgan fingerprint density at radius 1 is 0.905 bits per heavy atom. The topological polar surface area (TPSA) is 49.8 Å². The molecule has 0 aromatic carbocycles. The molecule has 0 amide bonds. The SMILES string of the molecule is CCCCOCCOCCOCCOc1ccc(F)nc1. The number of rotatable bonds is 13. The van der Waals surface area contributed by atoms with Crippen LogP contribution in [0.2, 0.25) is 0 Å². The summed E-state index contributed by atoms with van der Waals surface area (Å²) in [6.07, 6.45) is 3.58. The van der Waals surface area contributed by atoms with Crippen LogP contribution in [0.5, 0.6) is 5.75 Å². The number of ether oxygens (including phenoxy) is 4. The van der Waals surface area contributed by atoms with Crippen LogP contribution in [0, 0.1) is 5.95 Å². The third-order valence-corrected chi connectivity index (χ3v) is 2.58. The Morgan fingerprint density at radius 2 is 1.52 bits per heavy atom. The molecule has 0 aliphatic heterocycles. The van der Waals surface area contributed by atoms with Gasteiger partial charge in [0, 0.05) is 6.61 Å². The maximum absolute atomic E-state index is 12.5. The van der Waals surface area contributed by atoms with Gasteiger partial charge in [0.05, 0.1) is 39.2 Å². The van der Waals surface area contributed by atoms with Crippen molar-refractivity contribution in [2.24, 2.45) is 0 Å². The van der Waals surface area contributed by atoms with Crippen LogP contribution in [0.4, 0.5) is 4.39 Å². The molecule has 0 radical (unpaired) electrons. The van der Waals surface area contributed by atoms with Crippen molar-refractivity contribution in [3.05, 3.63) is 24.3 Å². The van der Waals surface area contributed by atoms with Crippen molar-refractivity contribution in [1.29, 1.82) is 0 Å². The summed E-state index contributed by atoms with van der Waals surface area (Å²) in [6.45, 7) is 6.04. The summed E-state index contributed by atoms with van der Waals surface area (Å²) < 4.78 is 33.9. The molecule has 0 saturated heterocycles. The molecule has 0 bridgehead atoms. The molecule has 0 aliphatic rings. The lowest BCUT2D eigenvalue weighted by atomic mass is 10.4. The minimum atomic E-state index is -0.519. The molecule has 0 aliphatic carbocycles. The molecule has 1 heterocycles. The van der Waals surface area contributed by atoms with Crippen LogP contribution in [0.3, 0.4) is 0 Å². The second-order valence-corrected chi connectivity index (χ2v) is 4.36. The average molecular weight is 301 g/mol. The van der Waals surface area contributed by atoms with Crippen molar-refractivity contribution in [3.63, 3.8) is 0 Å². The summed E-state index contributed by atoms with van der Waals surface area (Å²) in [5, 5.41) is 0. The molecule has 1 aromatic rings. The van der Waals surface area contributed by atoms with Crippen LogP contribution >= 0.6 is 0 Å². The minimum absolute atomic E-state index is 0.396. The second kappa shape index (κ2) is 12.5. The smallest absolute Gasteiger partial charge is 0.213 e. The van der Waals surface area contributed by atoms with E-state index in [1.807, 2.05) is 0 Å². The van der Waals surface area contributed by atoms with Crippen LogP contribution in [0.15, 0.2) is 18.3 Å². The van der Waals surface area contributed by atoms with Crippen LogP contribution in [-0.4, -0.2) is 51.2 Å². The Labute approximate surface area is 125 Å². The fourth-order valence-electron chi connectivity index (χ4n) is 1.45. The fourth-order valence-corrected chi connectivity index (χ4v) is 1.45. The third-order valence-electron chi connectivity index (χ3n) is 2.58. The molecule has 120 valence electrons. The Hall–Kier alpha value is -1.24. The highest BCUT2D eigenvalue weighted by Gasteiger charge is 1.96. The first-order valence-electron chi connectivity index (χ1n) is 7.30. The van der Waals surface area contributed by atoms with E-state index >= 15 is 0 Å². The van der Waals surface area contributed by atoms with E-state index in [1.165, 1.54) is 18.3 Å². The molecule has 0 fully saturated rings. The van der Waals surface area contributed by atoms with Crippen molar-refractivity contribution < 1.29 is 23.3 Å². The van der Waals surface area contributed by atoms with Gasteiger partial charge in [-0.1, -0.05) is 13.3 Å². The zero-order valence-electron chi connectivity index (χ0n) is 12.6. The molecule has 0 N–H and O–H groups in total. The molecule has 0 unspecified atom stereocenters. The van der Waals surface area contributed by atoms with Crippen LogP contribution in [0.1, 0.15) is 19.8 Å². The zero-order chi connectivity index (χ0) is 15.2. The Balaban J connectivity index is 1.81. The van der Waals surface area contributed by atoms with Crippen molar-refractivity contribution in [2.45, 2.75) is 19.8 Å². The molecule has 1 aromatic heterocycles. The van der Waals surface area contributed by atoms with E-state index in [0.29, 0.717) is 45.4 Å². The summed E-state index contributed by atoms with van der Waals surface area (Å²) in [5.41, 5.74) is 0. The van der Waals surface area contributed by atoms with E-state index in [4.69, 9.17) is 18.9 Å². The molecule has 1 rings (SSSR count). The first kappa shape index (κ1) is 17.8. The largest absolute Gasteiger partial charge is 0.490 e. The highest BCUT2D eigenvalue weighted by atomic mass is 19.1. The van der Waals surface area contributed by atoms with Crippen molar-refractivity contribution in [1.82, 2.24) is 4.98 Å². The summed E-state index contributed by atoms with van der Waals surface area (Å²) in [5.74, 6) is 0.00917. The summed E-state index contributed by atoms with van der Waals surface area (Å²) in [6, 6.07) is 2.79. The molecule has 5 nitrogen and oxygen atoms in total. The maximum atomic E-state index is 12.5. The molecule has 0 atom stereocenters. The van der Waals surface area contributed by atoms with Gasteiger partial charge in [-0.2, -0.15) is 4.39 Å². The molecule has 21 heavy (non-hydrogen) atoms. The van der Waals surface area contributed by atoms with Gasteiger partial charge >= 0.3 is 0 Å². The number of aromatic nitrogens is 1. The summed E-state index contributed by atoms with van der Waals surface area (Å²) in [7, 11) is 0. The summed E-state index contributed by atoms with van der Waals surface area (Å²) >= 11 is 0. The number of pyridine rings is 1. The zero-order valence-corrected chi connectivity index (χ0v) is 12.6. The molecule has 0 spiro atoms. The van der Waals surface area contributed by atoms with Gasteiger partial charge in [-0.25, -0.2) is 4.98 Å². The van der Waals surface area contributed by atoms with E-state index in [-0.39, 0.29) is 0 Å². The van der Waals surface area contributed by atoms with Crippen LogP contribution in [0.25, 0.3) is 0 Å². The van der Waals surface area contributed by atoms with E-state index in [2.05, 4.69) is 11.9 Å². The number of nitrogens with zero attached hydrogens (tertiary/aromatic N) is 1. The fraction of sp³-hybridized carbons (Fsp3) is 0.667. The van der Waals surface area contributed by atoms with Crippen molar-refractivity contribution in [2.75, 3.05) is 46.2 Å². The lowest BCUT2D eigenvalue weighted by Crippen LogP contribution is -2.13. The molecule has 6 heteroatoms. The highest BCUT2D eigenvalue weighted by Crippen LogP contribution is 2.07. The number of hydrogen-bond donors (Lipinski definition) is 0. The van der Waals surface area contributed by atoms with Gasteiger partial charge in [0.2, 0.25) is 5.95 Å². The van der Waals surface area contributed by atoms with E-state index < -0.39 is 5.95 Å². The number of halogens is 1. The van der Waals surface area contributed by atoms with Gasteiger partial charge < -0.3 is 18.9 Å². The van der Waals surface area contributed by atoms with E-state index in [1.54, 1.807) is 0 Å². The summed E-state index contributed by atoms with van der Waals surface area (Å²) in [4.78, 5) is 3.49.